The van der Waals surface area contributed by atoms with Gasteiger partial charge < -0.3 is 4.90 Å². The molecule has 1 aliphatic heterocycles. The zero-order valence-electron chi connectivity index (χ0n) is 13.7. The van der Waals surface area contributed by atoms with Crippen LogP contribution in [0.15, 0.2) is 18.3 Å². The summed E-state index contributed by atoms with van der Waals surface area (Å²) in [7, 11) is 0. The Morgan fingerprint density at radius 2 is 2.35 bits per heavy atom. The normalized spacial score (nSPS) is 17.7. The summed E-state index contributed by atoms with van der Waals surface area (Å²) in [5.74, 6) is 0.116. The van der Waals surface area contributed by atoms with Gasteiger partial charge in [-0.05, 0) is 68.3 Å². The summed E-state index contributed by atoms with van der Waals surface area (Å²) in [6.45, 7) is 4.87. The monoisotopic (exact) mass is 330 g/mol. The van der Waals surface area contributed by atoms with Crippen LogP contribution in [0.5, 0.6) is 0 Å². The standard InChI is InChI=1S/C17H22N4OS/c1-3-15-16(23-20-19-15)17(22)21-10-4-5-14(21)7-6-13-8-9-18-12(2)11-13/h8-9,11,14H,3-7,10H2,1-2H3/t14-/m1/s1. The average Bonchev–Trinajstić information content (AvgIpc) is 3.21. The van der Waals surface area contributed by atoms with Crippen molar-refractivity contribution in [3.05, 3.63) is 40.2 Å². The Morgan fingerprint density at radius 1 is 1.48 bits per heavy atom. The minimum absolute atomic E-state index is 0.116. The third-order valence-electron chi connectivity index (χ3n) is 4.45. The summed E-state index contributed by atoms with van der Waals surface area (Å²) >= 11 is 1.23. The van der Waals surface area contributed by atoms with Crippen molar-refractivity contribution in [3.8, 4) is 0 Å². The van der Waals surface area contributed by atoms with Crippen molar-refractivity contribution in [1.82, 2.24) is 19.5 Å². The molecule has 0 spiro atoms. The second-order valence-electron chi connectivity index (χ2n) is 6.04. The lowest BCUT2D eigenvalue weighted by atomic mass is 10.0. The molecule has 0 N–H and O–H groups in total. The highest BCUT2D eigenvalue weighted by Gasteiger charge is 2.31. The van der Waals surface area contributed by atoms with Gasteiger partial charge in [0, 0.05) is 24.5 Å². The number of aromatic nitrogens is 3. The predicted octanol–water partition coefficient (Wildman–Crippen LogP) is 3.04. The number of carbonyl (C=O) groups excluding carboxylic acids is 1. The third kappa shape index (κ3) is 3.58. The fourth-order valence-corrected chi connectivity index (χ4v) is 3.94. The van der Waals surface area contributed by atoms with Crippen LogP contribution in [-0.2, 0) is 12.8 Å². The topological polar surface area (TPSA) is 59.0 Å². The van der Waals surface area contributed by atoms with Crippen molar-refractivity contribution in [1.29, 1.82) is 0 Å². The highest BCUT2D eigenvalue weighted by Crippen LogP contribution is 2.26. The van der Waals surface area contributed by atoms with E-state index in [1.807, 2.05) is 24.9 Å². The fraction of sp³-hybridized carbons (Fsp3) is 0.529. The number of hydrogen-bond donors (Lipinski definition) is 0. The summed E-state index contributed by atoms with van der Waals surface area (Å²) < 4.78 is 3.95. The zero-order chi connectivity index (χ0) is 16.2. The molecule has 0 aromatic carbocycles. The third-order valence-corrected chi connectivity index (χ3v) is 5.21. The molecule has 23 heavy (non-hydrogen) atoms. The summed E-state index contributed by atoms with van der Waals surface area (Å²) in [5.41, 5.74) is 3.17. The maximum absolute atomic E-state index is 12.8. The van der Waals surface area contributed by atoms with Crippen molar-refractivity contribution in [3.63, 3.8) is 0 Å². The van der Waals surface area contributed by atoms with Gasteiger partial charge in [-0.1, -0.05) is 11.4 Å². The number of carbonyl (C=O) groups is 1. The van der Waals surface area contributed by atoms with E-state index in [1.54, 1.807) is 0 Å². The lowest BCUT2D eigenvalue weighted by Crippen LogP contribution is -2.35. The van der Waals surface area contributed by atoms with Crippen LogP contribution in [0.4, 0.5) is 0 Å². The molecule has 2 aromatic heterocycles. The Labute approximate surface area is 140 Å². The Balaban J connectivity index is 1.67. The van der Waals surface area contributed by atoms with Crippen molar-refractivity contribution in [2.24, 2.45) is 0 Å². The molecule has 5 nitrogen and oxygen atoms in total. The van der Waals surface area contributed by atoms with E-state index in [4.69, 9.17) is 0 Å². The van der Waals surface area contributed by atoms with Gasteiger partial charge in [0.25, 0.3) is 5.91 Å². The SMILES string of the molecule is CCc1nnsc1C(=O)N1CCC[C@@H]1CCc1ccnc(C)c1. The van der Waals surface area contributed by atoms with Gasteiger partial charge in [0.05, 0.1) is 5.69 Å². The quantitative estimate of drug-likeness (QED) is 0.845. The van der Waals surface area contributed by atoms with Crippen molar-refractivity contribution >= 4 is 17.4 Å². The first kappa shape index (κ1) is 16.1. The lowest BCUT2D eigenvalue weighted by molar-refractivity contribution is 0.0734. The van der Waals surface area contributed by atoms with E-state index >= 15 is 0 Å². The van der Waals surface area contributed by atoms with Gasteiger partial charge in [-0.25, -0.2) is 0 Å². The molecule has 1 amide bonds. The predicted molar refractivity (Wildman–Crippen MR) is 90.6 cm³/mol. The Hall–Kier alpha value is -1.82. The van der Waals surface area contributed by atoms with E-state index in [9.17, 15) is 4.79 Å². The minimum atomic E-state index is 0.116. The van der Waals surface area contributed by atoms with Gasteiger partial charge in [0.15, 0.2) is 0 Å². The molecule has 0 saturated carbocycles. The molecule has 1 aliphatic rings. The first-order valence-corrected chi connectivity index (χ1v) is 9.00. The van der Waals surface area contributed by atoms with Crippen LogP contribution in [0.1, 0.15) is 52.8 Å². The van der Waals surface area contributed by atoms with E-state index in [2.05, 4.69) is 26.7 Å². The largest absolute Gasteiger partial charge is 0.335 e. The first-order valence-electron chi connectivity index (χ1n) is 8.22. The summed E-state index contributed by atoms with van der Waals surface area (Å²) in [6.07, 6.45) is 6.77. The lowest BCUT2D eigenvalue weighted by Gasteiger charge is -2.24. The van der Waals surface area contributed by atoms with E-state index in [0.717, 1.165) is 54.9 Å². The van der Waals surface area contributed by atoms with Gasteiger partial charge in [-0.15, -0.1) is 5.10 Å². The molecule has 2 aromatic rings. The van der Waals surface area contributed by atoms with Crippen molar-refractivity contribution in [2.45, 2.75) is 52.0 Å². The van der Waals surface area contributed by atoms with E-state index in [0.29, 0.717) is 6.04 Å². The van der Waals surface area contributed by atoms with Crippen LogP contribution in [0.25, 0.3) is 0 Å². The smallest absolute Gasteiger partial charge is 0.267 e. The molecule has 1 fully saturated rings. The van der Waals surface area contributed by atoms with E-state index in [1.165, 1.54) is 17.1 Å². The van der Waals surface area contributed by atoms with Gasteiger partial charge in [-0.2, -0.15) is 0 Å². The van der Waals surface area contributed by atoms with E-state index < -0.39 is 0 Å². The number of likely N-dealkylation sites (tertiary alicyclic amines) is 1. The van der Waals surface area contributed by atoms with Gasteiger partial charge in [-0.3, -0.25) is 9.78 Å². The highest BCUT2D eigenvalue weighted by molar-refractivity contribution is 7.08. The molecule has 0 aliphatic carbocycles. The number of aryl methyl sites for hydroxylation is 3. The summed E-state index contributed by atoms with van der Waals surface area (Å²) in [4.78, 5) is 19.8. The average molecular weight is 330 g/mol. The van der Waals surface area contributed by atoms with Gasteiger partial charge in [0.2, 0.25) is 0 Å². The molecular formula is C17H22N4OS. The molecule has 122 valence electrons. The molecular weight excluding hydrogens is 308 g/mol. The zero-order valence-corrected chi connectivity index (χ0v) is 14.5. The Kier molecular flexibility index (Phi) is 5.00. The maximum Gasteiger partial charge on any atom is 0.267 e. The molecule has 3 heterocycles. The van der Waals surface area contributed by atoms with Gasteiger partial charge >= 0.3 is 0 Å². The second-order valence-corrected chi connectivity index (χ2v) is 6.80. The Morgan fingerprint density at radius 3 is 3.13 bits per heavy atom. The Bertz CT molecular complexity index is 685. The van der Waals surface area contributed by atoms with E-state index in [-0.39, 0.29) is 5.91 Å². The van der Waals surface area contributed by atoms with Crippen molar-refractivity contribution < 1.29 is 4.79 Å². The van der Waals surface area contributed by atoms with Crippen molar-refractivity contribution in [2.75, 3.05) is 6.54 Å². The number of pyridine rings is 1. The van der Waals surface area contributed by atoms with Crippen LogP contribution >= 0.6 is 11.5 Å². The number of nitrogens with zero attached hydrogens (tertiary/aromatic N) is 4. The first-order chi connectivity index (χ1) is 11.2. The maximum atomic E-state index is 12.8. The molecule has 3 rings (SSSR count). The number of rotatable bonds is 5. The van der Waals surface area contributed by atoms with Crippen LogP contribution in [0.3, 0.4) is 0 Å². The van der Waals surface area contributed by atoms with Crippen LogP contribution in [-0.4, -0.2) is 38.0 Å². The highest BCUT2D eigenvalue weighted by atomic mass is 32.1. The minimum Gasteiger partial charge on any atom is -0.335 e. The fourth-order valence-electron chi connectivity index (χ4n) is 3.23. The second kappa shape index (κ2) is 7.17. The summed E-state index contributed by atoms with van der Waals surface area (Å²) in [5, 5.41) is 4.07. The molecule has 1 atom stereocenters. The molecule has 6 heteroatoms. The number of amides is 1. The molecule has 1 saturated heterocycles. The molecule has 0 unspecified atom stereocenters. The molecule has 0 bridgehead atoms. The van der Waals surface area contributed by atoms with Crippen LogP contribution in [0, 0.1) is 6.92 Å². The molecule has 0 radical (unpaired) electrons. The van der Waals surface area contributed by atoms with Gasteiger partial charge in [0.1, 0.15) is 4.88 Å². The number of hydrogen-bond acceptors (Lipinski definition) is 5. The van der Waals surface area contributed by atoms with Crippen LogP contribution in [0.2, 0.25) is 0 Å². The summed E-state index contributed by atoms with van der Waals surface area (Å²) in [6, 6.07) is 4.52. The van der Waals surface area contributed by atoms with Crippen LogP contribution < -0.4 is 0 Å².